The molecule has 1 heterocycles. The monoisotopic (exact) mass is 452 g/mol. The summed E-state index contributed by atoms with van der Waals surface area (Å²) < 4.78 is 10.8. The van der Waals surface area contributed by atoms with Crippen LogP contribution < -0.4 is 0 Å². The third-order valence-electron chi connectivity index (χ3n) is 5.79. The van der Waals surface area contributed by atoms with E-state index in [1.165, 1.54) is 12.1 Å². The molecule has 0 fully saturated rings. The van der Waals surface area contributed by atoms with Gasteiger partial charge in [0.15, 0.2) is 0 Å². The highest BCUT2D eigenvalue weighted by atomic mass is 16.5. The van der Waals surface area contributed by atoms with E-state index in [0.717, 1.165) is 27.5 Å². The fourth-order valence-corrected chi connectivity index (χ4v) is 3.94. The number of carboxylic acids is 1. The van der Waals surface area contributed by atoms with Crippen LogP contribution in [0, 0.1) is 0 Å². The minimum absolute atomic E-state index is 0.0832. The summed E-state index contributed by atoms with van der Waals surface area (Å²) in [6.45, 7) is 0.121. The van der Waals surface area contributed by atoms with Crippen molar-refractivity contribution in [2.45, 2.75) is 13.0 Å². The fourth-order valence-electron chi connectivity index (χ4n) is 3.94. The van der Waals surface area contributed by atoms with E-state index >= 15 is 0 Å². The van der Waals surface area contributed by atoms with Gasteiger partial charge in [-0.15, -0.1) is 0 Å². The number of benzene rings is 4. The van der Waals surface area contributed by atoms with Crippen molar-refractivity contribution in [2.75, 3.05) is 0 Å². The molecule has 0 unspecified atom stereocenters. The van der Waals surface area contributed by atoms with Crippen LogP contribution in [0.3, 0.4) is 0 Å². The van der Waals surface area contributed by atoms with Gasteiger partial charge >= 0.3 is 11.9 Å². The number of rotatable bonds is 6. The molecule has 6 nitrogen and oxygen atoms in total. The second-order valence-electron chi connectivity index (χ2n) is 8.06. The lowest BCUT2D eigenvalue weighted by atomic mass is 9.98. The van der Waals surface area contributed by atoms with Gasteiger partial charge < -0.3 is 19.4 Å². The summed E-state index contributed by atoms with van der Waals surface area (Å²) in [5.41, 5.74) is 3.71. The van der Waals surface area contributed by atoms with Crippen molar-refractivity contribution in [1.29, 1.82) is 0 Å². The molecule has 0 aliphatic carbocycles. The highest BCUT2D eigenvalue weighted by molar-refractivity contribution is 5.98. The van der Waals surface area contributed by atoms with Crippen molar-refractivity contribution in [3.63, 3.8) is 0 Å². The van der Waals surface area contributed by atoms with E-state index in [0.29, 0.717) is 22.9 Å². The third kappa shape index (κ3) is 4.21. The summed E-state index contributed by atoms with van der Waals surface area (Å²) in [7, 11) is 0. The maximum atomic E-state index is 12.7. The number of fused-ring (bicyclic) bond motifs is 2. The molecule has 4 aromatic carbocycles. The second-order valence-corrected chi connectivity index (χ2v) is 8.06. The van der Waals surface area contributed by atoms with Gasteiger partial charge in [0.1, 0.15) is 17.9 Å². The normalized spacial score (nSPS) is 11.1. The highest BCUT2D eigenvalue weighted by Crippen LogP contribution is 2.31. The zero-order valence-corrected chi connectivity index (χ0v) is 18.0. The van der Waals surface area contributed by atoms with Crippen LogP contribution in [0.25, 0.3) is 21.7 Å². The lowest BCUT2D eigenvalue weighted by Gasteiger charge is -2.10. The van der Waals surface area contributed by atoms with Gasteiger partial charge in [-0.05, 0) is 64.5 Å². The van der Waals surface area contributed by atoms with Gasteiger partial charge in [0.25, 0.3) is 0 Å². The minimum atomic E-state index is -0.985. The molecule has 168 valence electrons. The number of phenolic OH excluding ortho intramolecular Hbond substituents is 1. The van der Waals surface area contributed by atoms with Crippen LogP contribution in [0.5, 0.6) is 5.75 Å². The molecule has 5 rings (SSSR count). The van der Waals surface area contributed by atoms with Crippen molar-refractivity contribution in [1.82, 2.24) is 0 Å². The molecular formula is C28H20O6. The first-order valence-electron chi connectivity index (χ1n) is 10.7. The molecule has 0 atom stereocenters. The van der Waals surface area contributed by atoms with Crippen LogP contribution in [-0.4, -0.2) is 22.2 Å². The van der Waals surface area contributed by atoms with Gasteiger partial charge in [-0.1, -0.05) is 36.4 Å². The molecule has 2 N–H and O–H groups in total. The van der Waals surface area contributed by atoms with Crippen molar-refractivity contribution >= 4 is 33.7 Å². The van der Waals surface area contributed by atoms with E-state index in [4.69, 9.17) is 14.3 Å². The first-order chi connectivity index (χ1) is 16.5. The summed E-state index contributed by atoms with van der Waals surface area (Å²) in [5, 5.41) is 22.2. The standard InChI is InChI=1S/C28H20O6/c29-26-22(13-17-1-4-20(5-2-17)27(30)31)8-6-19-7-9-23(15-24(19)26)28(32)34-16-18-3-10-25-21(14-18)11-12-33-25/h1-12,14-15,29H,13,16H2,(H,30,31). The largest absolute Gasteiger partial charge is 0.507 e. The number of esters is 1. The van der Waals surface area contributed by atoms with Crippen molar-refractivity contribution in [3.05, 3.63) is 113 Å². The third-order valence-corrected chi connectivity index (χ3v) is 5.79. The van der Waals surface area contributed by atoms with E-state index in [1.807, 2.05) is 36.4 Å². The second kappa shape index (κ2) is 8.75. The fraction of sp³-hybridized carbons (Fsp3) is 0.0714. The number of phenols is 1. The number of ether oxygens (including phenoxy) is 1. The summed E-state index contributed by atoms with van der Waals surface area (Å²) in [6, 6.07) is 22.7. The lowest BCUT2D eigenvalue weighted by Crippen LogP contribution is -2.05. The number of carbonyl (C=O) groups is 2. The van der Waals surface area contributed by atoms with E-state index in [1.54, 1.807) is 36.6 Å². The smallest absolute Gasteiger partial charge is 0.338 e. The van der Waals surface area contributed by atoms with Crippen LogP contribution >= 0.6 is 0 Å². The molecule has 0 saturated carbocycles. The van der Waals surface area contributed by atoms with Gasteiger partial charge in [0.2, 0.25) is 0 Å². The van der Waals surface area contributed by atoms with Gasteiger partial charge in [0.05, 0.1) is 17.4 Å². The Morgan fingerprint density at radius 1 is 0.794 bits per heavy atom. The molecule has 0 bridgehead atoms. The van der Waals surface area contributed by atoms with E-state index in [2.05, 4.69) is 0 Å². The zero-order valence-electron chi connectivity index (χ0n) is 18.0. The summed E-state index contributed by atoms with van der Waals surface area (Å²) in [6.07, 6.45) is 2.04. The average Bonchev–Trinajstić information content (AvgIpc) is 3.32. The van der Waals surface area contributed by atoms with Crippen LogP contribution in [0.1, 0.15) is 37.4 Å². The molecular weight excluding hydrogens is 432 g/mol. The van der Waals surface area contributed by atoms with Gasteiger partial charge in [0, 0.05) is 17.2 Å². The molecule has 0 aliphatic heterocycles. The Hall–Kier alpha value is -4.58. The number of hydrogen-bond acceptors (Lipinski definition) is 5. The van der Waals surface area contributed by atoms with E-state index in [-0.39, 0.29) is 17.9 Å². The van der Waals surface area contributed by atoms with Gasteiger partial charge in [-0.3, -0.25) is 0 Å². The first kappa shape index (κ1) is 21.3. The average molecular weight is 452 g/mol. The number of furan rings is 1. The van der Waals surface area contributed by atoms with E-state index < -0.39 is 11.9 Å². The number of carboxylic acid groups (broad SMARTS) is 1. The van der Waals surface area contributed by atoms with Crippen molar-refractivity contribution in [3.8, 4) is 5.75 Å². The Morgan fingerprint density at radius 3 is 2.32 bits per heavy atom. The predicted molar refractivity (Wildman–Crippen MR) is 127 cm³/mol. The number of aromatic carboxylic acids is 1. The molecule has 0 saturated heterocycles. The Balaban J connectivity index is 1.35. The molecule has 1 aromatic heterocycles. The van der Waals surface area contributed by atoms with Crippen LogP contribution in [0.4, 0.5) is 0 Å². The Morgan fingerprint density at radius 2 is 1.53 bits per heavy atom. The quantitative estimate of drug-likeness (QED) is 0.310. The van der Waals surface area contributed by atoms with Crippen LogP contribution in [-0.2, 0) is 17.8 Å². The van der Waals surface area contributed by atoms with Gasteiger partial charge in [-0.25, -0.2) is 9.59 Å². The van der Waals surface area contributed by atoms with E-state index in [9.17, 15) is 14.7 Å². The first-order valence-corrected chi connectivity index (χ1v) is 10.7. The maximum Gasteiger partial charge on any atom is 0.338 e. The minimum Gasteiger partial charge on any atom is -0.507 e. The summed E-state index contributed by atoms with van der Waals surface area (Å²) in [4.78, 5) is 23.7. The highest BCUT2D eigenvalue weighted by Gasteiger charge is 2.13. The summed E-state index contributed by atoms with van der Waals surface area (Å²) in [5.74, 6) is -1.38. The molecule has 0 radical (unpaired) electrons. The zero-order chi connectivity index (χ0) is 23.7. The maximum absolute atomic E-state index is 12.7. The molecule has 6 heteroatoms. The predicted octanol–water partition coefficient (Wildman–Crippen LogP) is 5.94. The van der Waals surface area contributed by atoms with Crippen LogP contribution in [0.15, 0.2) is 89.5 Å². The summed E-state index contributed by atoms with van der Waals surface area (Å²) >= 11 is 0. The molecule has 5 aromatic rings. The Labute approximate surface area is 194 Å². The molecule has 0 spiro atoms. The SMILES string of the molecule is O=C(O)c1ccc(Cc2ccc3ccc(C(=O)OCc4ccc5occc5c4)cc3c2O)cc1. The molecule has 0 aliphatic rings. The molecule has 34 heavy (non-hydrogen) atoms. The van der Waals surface area contributed by atoms with Crippen LogP contribution in [0.2, 0.25) is 0 Å². The molecule has 0 amide bonds. The van der Waals surface area contributed by atoms with Gasteiger partial charge in [-0.2, -0.15) is 0 Å². The van der Waals surface area contributed by atoms with Crippen molar-refractivity contribution < 1.29 is 29.0 Å². The number of carbonyl (C=O) groups excluding carboxylic acids is 1. The van der Waals surface area contributed by atoms with Crippen molar-refractivity contribution in [2.24, 2.45) is 0 Å². The number of hydrogen-bond donors (Lipinski definition) is 2. The topological polar surface area (TPSA) is 97.0 Å². The lowest BCUT2D eigenvalue weighted by molar-refractivity contribution is 0.0472. The number of aromatic hydroxyl groups is 1. The Bertz CT molecular complexity index is 1530. The Kier molecular flexibility index (Phi) is 5.47.